The number of anilines is 1. The van der Waals surface area contributed by atoms with Crippen molar-refractivity contribution in [1.29, 1.82) is 0 Å². The van der Waals surface area contributed by atoms with Gasteiger partial charge in [-0.15, -0.1) is 0 Å². The van der Waals surface area contributed by atoms with Crippen molar-refractivity contribution < 1.29 is 0 Å². The molecule has 2 aliphatic rings. The van der Waals surface area contributed by atoms with E-state index in [0.717, 1.165) is 17.3 Å². The predicted octanol–water partition coefficient (Wildman–Crippen LogP) is 4.16. The molecule has 1 saturated heterocycles. The molecule has 1 aromatic rings. The summed E-state index contributed by atoms with van der Waals surface area (Å²) < 4.78 is 0. The van der Waals surface area contributed by atoms with Gasteiger partial charge in [0, 0.05) is 17.8 Å². The smallest absolute Gasteiger partial charge is 0.170 e. The molecule has 0 radical (unpaired) electrons. The molecule has 1 aliphatic heterocycles. The number of nitrogens with zero attached hydrogens (tertiary/aromatic N) is 1. The third-order valence-electron chi connectivity index (χ3n) is 5.42. The Morgan fingerprint density at radius 3 is 2.30 bits per heavy atom. The first-order chi connectivity index (χ1) is 11.3. The molecule has 3 rings (SSSR count). The Bertz CT molecular complexity index is 491. The van der Waals surface area contributed by atoms with Gasteiger partial charge < -0.3 is 10.6 Å². The summed E-state index contributed by atoms with van der Waals surface area (Å²) in [6.07, 6.45) is 10.8. The number of benzene rings is 1. The van der Waals surface area contributed by atoms with E-state index in [1.165, 1.54) is 64.5 Å². The average molecular weight is 332 g/mol. The molecule has 4 heteroatoms. The normalized spacial score (nSPS) is 21.6. The van der Waals surface area contributed by atoms with Gasteiger partial charge in [0.05, 0.1) is 0 Å². The number of para-hydroxylation sites is 1. The minimum atomic E-state index is 0.321. The summed E-state index contributed by atoms with van der Waals surface area (Å²) in [6, 6.07) is 10.2. The van der Waals surface area contributed by atoms with Crippen LogP contribution in [0.5, 0.6) is 0 Å². The number of thiocarbonyl (C=S) groups is 1. The largest absolute Gasteiger partial charge is 0.361 e. The van der Waals surface area contributed by atoms with Gasteiger partial charge in [0.2, 0.25) is 0 Å². The highest BCUT2D eigenvalue weighted by Gasteiger charge is 2.38. The summed E-state index contributed by atoms with van der Waals surface area (Å²) in [4.78, 5) is 2.76. The Morgan fingerprint density at radius 1 is 0.957 bits per heavy atom. The van der Waals surface area contributed by atoms with Crippen LogP contribution in [-0.2, 0) is 0 Å². The van der Waals surface area contributed by atoms with Crippen molar-refractivity contribution in [2.24, 2.45) is 0 Å². The second-order valence-electron chi connectivity index (χ2n) is 7.01. The second-order valence-corrected chi connectivity index (χ2v) is 7.41. The van der Waals surface area contributed by atoms with Crippen LogP contribution in [0.15, 0.2) is 30.3 Å². The van der Waals surface area contributed by atoms with Crippen LogP contribution in [-0.4, -0.2) is 35.2 Å². The Hall–Kier alpha value is -1.13. The highest BCUT2D eigenvalue weighted by molar-refractivity contribution is 7.80. The first-order valence-corrected chi connectivity index (χ1v) is 9.54. The van der Waals surface area contributed by atoms with Gasteiger partial charge in [-0.3, -0.25) is 4.90 Å². The molecule has 0 spiro atoms. The molecule has 3 nitrogen and oxygen atoms in total. The van der Waals surface area contributed by atoms with Gasteiger partial charge in [-0.05, 0) is 63.1 Å². The van der Waals surface area contributed by atoms with Gasteiger partial charge in [-0.2, -0.15) is 0 Å². The summed E-state index contributed by atoms with van der Waals surface area (Å²) in [5, 5.41) is 7.57. The van der Waals surface area contributed by atoms with Gasteiger partial charge >= 0.3 is 0 Å². The van der Waals surface area contributed by atoms with Gasteiger partial charge in [-0.1, -0.05) is 43.9 Å². The average Bonchev–Trinajstić information content (AvgIpc) is 2.62. The van der Waals surface area contributed by atoms with E-state index in [-0.39, 0.29) is 0 Å². The van der Waals surface area contributed by atoms with Crippen LogP contribution in [0, 0.1) is 0 Å². The first-order valence-electron chi connectivity index (χ1n) is 9.14. The molecule has 23 heavy (non-hydrogen) atoms. The van der Waals surface area contributed by atoms with Crippen LogP contribution in [0.4, 0.5) is 5.69 Å². The molecule has 1 aromatic carbocycles. The van der Waals surface area contributed by atoms with Crippen LogP contribution in [0.1, 0.15) is 51.4 Å². The third-order valence-corrected chi connectivity index (χ3v) is 5.67. The van der Waals surface area contributed by atoms with Crippen LogP contribution >= 0.6 is 12.2 Å². The summed E-state index contributed by atoms with van der Waals surface area (Å²) in [5.41, 5.74) is 1.38. The minimum absolute atomic E-state index is 0.321. The third kappa shape index (κ3) is 4.45. The molecular formula is C19H29N3S. The van der Waals surface area contributed by atoms with Crippen LogP contribution in [0.2, 0.25) is 0 Å². The van der Waals surface area contributed by atoms with Crippen molar-refractivity contribution in [2.75, 3.05) is 25.0 Å². The highest BCUT2D eigenvalue weighted by atomic mass is 32.1. The standard InChI is InChI=1S/C19H29N3S/c23-18(21-17-10-4-1-5-11-17)20-16-19(12-6-2-7-13-19)22-14-8-3-9-15-22/h1,4-5,10-11H,2-3,6-9,12-16H2,(H2,20,21,23). The van der Waals surface area contributed by atoms with Crippen LogP contribution in [0.25, 0.3) is 0 Å². The summed E-state index contributed by atoms with van der Waals surface area (Å²) in [7, 11) is 0. The predicted molar refractivity (Wildman–Crippen MR) is 102 cm³/mol. The zero-order chi connectivity index (χ0) is 16.0. The fourth-order valence-corrected chi connectivity index (χ4v) is 4.31. The van der Waals surface area contributed by atoms with E-state index in [9.17, 15) is 0 Å². The molecule has 1 heterocycles. The highest BCUT2D eigenvalue weighted by Crippen LogP contribution is 2.35. The molecule has 2 fully saturated rings. The Labute approximate surface area is 145 Å². The zero-order valence-corrected chi connectivity index (χ0v) is 14.8. The topological polar surface area (TPSA) is 27.3 Å². The molecule has 1 saturated carbocycles. The monoisotopic (exact) mass is 331 g/mol. The second kappa shape index (κ2) is 8.11. The number of rotatable bonds is 4. The SMILES string of the molecule is S=C(NCC1(N2CCCCC2)CCCCC1)Nc1ccccc1. The van der Waals surface area contributed by atoms with Crippen molar-refractivity contribution in [1.82, 2.24) is 10.2 Å². The number of nitrogens with one attached hydrogen (secondary N) is 2. The Kier molecular flexibility index (Phi) is 5.90. The summed E-state index contributed by atoms with van der Waals surface area (Å²) in [6.45, 7) is 3.51. The molecule has 2 N–H and O–H groups in total. The number of piperidine rings is 1. The number of hydrogen-bond donors (Lipinski definition) is 2. The Morgan fingerprint density at radius 2 is 1.61 bits per heavy atom. The molecular weight excluding hydrogens is 302 g/mol. The maximum Gasteiger partial charge on any atom is 0.170 e. The van der Waals surface area contributed by atoms with Gasteiger partial charge in [0.25, 0.3) is 0 Å². The van der Waals surface area contributed by atoms with E-state index in [1.54, 1.807) is 0 Å². The van der Waals surface area contributed by atoms with Crippen LogP contribution in [0.3, 0.4) is 0 Å². The van der Waals surface area contributed by atoms with E-state index in [0.29, 0.717) is 5.54 Å². The van der Waals surface area contributed by atoms with Crippen molar-refractivity contribution >= 4 is 23.0 Å². The number of likely N-dealkylation sites (tertiary alicyclic amines) is 1. The summed E-state index contributed by atoms with van der Waals surface area (Å²) >= 11 is 5.51. The Balaban J connectivity index is 1.58. The quantitative estimate of drug-likeness (QED) is 0.810. The number of hydrogen-bond acceptors (Lipinski definition) is 2. The van der Waals surface area contributed by atoms with Crippen LogP contribution < -0.4 is 10.6 Å². The van der Waals surface area contributed by atoms with Gasteiger partial charge in [-0.25, -0.2) is 0 Å². The summed E-state index contributed by atoms with van der Waals surface area (Å²) in [5.74, 6) is 0. The van der Waals surface area contributed by atoms with Gasteiger partial charge in [0.15, 0.2) is 5.11 Å². The molecule has 1 aliphatic carbocycles. The van der Waals surface area contributed by atoms with E-state index in [4.69, 9.17) is 12.2 Å². The van der Waals surface area contributed by atoms with Crippen molar-refractivity contribution in [3.8, 4) is 0 Å². The lowest BCUT2D eigenvalue weighted by molar-refractivity contribution is 0.0371. The lowest BCUT2D eigenvalue weighted by Gasteiger charge is -2.48. The van der Waals surface area contributed by atoms with E-state index >= 15 is 0 Å². The maximum absolute atomic E-state index is 5.51. The van der Waals surface area contributed by atoms with E-state index in [1.807, 2.05) is 18.2 Å². The molecule has 0 bridgehead atoms. The molecule has 126 valence electrons. The lowest BCUT2D eigenvalue weighted by atomic mass is 9.79. The maximum atomic E-state index is 5.51. The van der Waals surface area contributed by atoms with E-state index < -0.39 is 0 Å². The fraction of sp³-hybridized carbons (Fsp3) is 0.632. The molecule has 0 atom stereocenters. The van der Waals surface area contributed by atoms with E-state index in [2.05, 4.69) is 27.7 Å². The first kappa shape index (κ1) is 16.7. The van der Waals surface area contributed by atoms with Crippen molar-refractivity contribution in [2.45, 2.75) is 56.9 Å². The minimum Gasteiger partial charge on any atom is -0.361 e. The molecule has 0 amide bonds. The zero-order valence-electron chi connectivity index (χ0n) is 14.0. The fourth-order valence-electron chi connectivity index (χ4n) is 4.12. The van der Waals surface area contributed by atoms with Gasteiger partial charge in [0.1, 0.15) is 0 Å². The lowest BCUT2D eigenvalue weighted by Crippen LogP contribution is -2.58. The molecule has 0 unspecified atom stereocenters. The van der Waals surface area contributed by atoms with Crippen molar-refractivity contribution in [3.63, 3.8) is 0 Å². The van der Waals surface area contributed by atoms with Crippen molar-refractivity contribution in [3.05, 3.63) is 30.3 Å². The molecule has 0 aromatic heterocycles.